The van der Waals surface area contributed by atoms with Crippen LogP contribution in [-0.4, -0.2) is 39.1 Å². The van der Waals surface area contributed by atoms with E-state index in [1.807, 2.05) is 18.2 Å². The average molecular weight is 409 g/mol. The van der Waals surface area contributed by atoms with Gasteiger partial charge in [-0.1, -0.05) is 53.9 Å². The number of benzene rings is 1. The van der Waals surface area contributed by atoms with Crippen LogP contribution in [-0.2, 0) is 9.59 Å². The van der Waals surface area contributed by atoms with E-state index in [2.05, 4.69) is 22.4 Å². The Bertz CT molecular complexity index is 822. The van der Waals surface area contributed by atoms with E-state index in [9.17, 15) is 9.59 Å². The molecule has 3 rings (SSSR count). The maximum absolute atomic E-state index is 13.0. The van der Waals surface area contributed by atoms with Crippen molar-refractivity contribution in [2.45, 2.75) is 41.4 Å². The van der Waals surface area contributed by atoms with Crippen molar-refractivity contribution in [3.05, 3.63) is 24.3 Å². The molecule has 6 nitrogen and oxygen atoms in total. The molecule has 2 amide bonds. The lowest BCUT2D eigenvalue weighted by molar-refractivity contribution is -0.125. The van der Waals surface area contributed by atoms with Crippen LogP contribution in [0.5, 0.6) is 0 Å². The molecule has 1 aliphatic heterocycles. The minimum Gasteiger partial charge on any atom is -0.322 e. The molecule has 2 heterocycles. The zero-order chi connectivity index (χ0) is 18.7. The van der Waals surface area contributed by atoms with Gasteiger partial charge in [0.15, 0.2) is 8.68 Å². The topological polar surface area (TPSA) is 75.2 Å². The Kier molecular flexibility index (Phi) is 5.89. The number of aromatic nitrogens is 2. The molecule has 0 spiro atoms. The van der Waals surface area contributed by atoms with Crippen molar-refractivity contribution in [1.82, 2.24) is 10.2 Å². The summed E-state index contributed by atoms with van der Waals surface area (Å²) in [5.41, 5.74) is 0.429. The number of rotatable bonds is 6. The van der Waals surface area contributed by atoms with Gasteiger partial charge in [-0.05, 0) is 32.4 Å². The van der Waals surface area contributed by atoms with Gasteiger partial charge in [-0.2, -0.15) is 0 Å². The number of para-hydroxylation sites is 2. The Balaban J connectivity index is 1.74. The van der Waals surface area contributed by atoms with Crippen LogP contribution in [0.4, 0.5) is 11.4 Å². The van der Waals surface area contributed by atoms with Crippen molar-refractivity contribution < 1.29 is 9.59 Å². The number of carbonyl (C=O) groups excluding carboxylic acids is 2. The van der Waals surface area contributed by atoms with E-state index in [1.54, 1.807) is 36.6 Å². The molecule has 26 heavy (non-hydrogen) atoms. The van der Waals surface area contributed by atoms with E-state index in [4.69, 9.17) is 0 Å². The summed E-state index contributed by atoms with van der Waals surface area (Å²) in [6.45, 7) is 5.63. The van der Waals surface area contributed by atoms with Gasteiger partial charge in [0.1, 0.15) is 5.54 Å². The second kappa shape index (κ2) is 7.98. The molecule has 0 bridgehead atoms. The van der Waals surface area contributed by atoms with Crippen LogP contribution in [0.15, 0.2) is 32.9 Å². The van der Waals surface area contributed by atoms with Crippen LogP contribution < -0.4 is 10.2 Å². The van der Waals surface area contributed by atoms with E-state index in [0.717, 1.165) is 26.5 Å². The first-order valence-corrected chi connectivity index (χ1v) is 11.0. The quantitative estimate of drug-likeness (QED) is 0.731. The van der Waals surface area contributed by atoms with E-state index in [-0.39, 0.29) is 17.6 Å². The highest BCUT2D eigenvalue weighted by atomic mass is 32.2. The molecule has 2 aromatic rings. The van der Waals surface area contributed by atoms with Gasteiger partial charge in [0.25, 0.3) is 0 Å². The highest BCUT2D eigenvalue weighted by Crippen LogP contribution is 2.37. The van der Waals surface area contributed by atoms with Crippen LogP contribution in [0.2, 0.25) is 0 Å². The molecule has 0 aliphatic carbocycles. The second-order valence-electron chi connectivity index (χ2n) is 6.23. The molecule has 1 aliphatic rings. The number of fused-ring (bicyclic) bond motifs is 1. The van der Waals surface area contributed by atoms with Gasteiger partial charge < -0.3 is 5.32 Å². The number of hydrogen-bond donors (Lipinski definition) is 1. The maximum atomic E-state index is 13.0. The molecule has 1 aromatic carbocycles. The molecule has 0 fully saturated rings. The van der Waals surface area contributed by atoms with E-state index in [1.165, 1.54) is 23.1 Å². The first kappa shape index (κ1) is 19.2. The highest BCUT2D eigenvalue weighted by Gasteiger charge is 2.43. The number of amides is 2. The summed E-state index contributed by atoms with van der Waals surface area (Å²) in [6.07, 6.45) is 1.08. The van der Waals surface area contributed by atoms with Crippen molar-refractivity contribution in [1.29, 1.82) is 0 Å². The molecule has 0 saturated carbocycles. The fourth-order valence-electron chi connectivity index (χ4n) is 2.59. The fourth-order valence-corrected chi connectivity index (χ4v) is 5.38. The zero-order valence-electron chi connectivity index (χ0n) is 14.8. The smallest absolute Gasteiger partial charge is 0.250 e. The number of thioether (sulfide) groups is 2. The number of nitrogens with one attached hydrogen (secondary N) is 1. The lowest BCUT2D eigenvalue weighted by atomic mass is 9.96. The SMILES string of the molecule is CCCSc1nnc(SCC(=O)N2c3ccccc3NC(=O)C2(C)C)s1. The normalized spacial score (nSPS) is 15.5. The Hall–Kier alpha value is -1.58. The van der Waals surface area contributed by atoms with Crippen molar-refractivity contribution >= 4 is 58.0 Å². The van der Waals surface area contributed by atoms with Crippen LogP contribution in [0.1, 0.15) is 27.2 Å². The van der Waals surface area contributed by atoms with Crippen molar-refractivity contribution in [2.75, 3.05) is 21.7 Å². The summed E-state index contributed by atoms with van der Waals surface area (Å²) in [5, 5.41) is 11.2. The van der Waals surface area contributed by atoms with Gasteiger partial charge >= 0.3 is 0 Å². The summed E-state index contributed by atoms with van der Waals surface area (Å²) >= 11 is 4.54. The third-order valence-electron chi connectivity index (χ3n) is 3.89. The first-order valence-electron chi connectivity index (χ1n) is 8.26. The summed E-state index contributed by atoms with van der Waals surface area (Å²) in [4.78, 5) is 27.0. The predicted octanol–water partition coefficient (Wildman–Crippen LogP) is 3.90. The third-order valence-corrected chi connectivity index (χ3v) is 7.27. The van der Waals surface area contributed by atoms with Crippen LogP contribution in [0.25, 0.3) is 0 Å². The van der Waals surface area contributed by atoms with Crippen LogP contribution in [0.3, 0.4) is 0 Å². The van der Waals surface area contributed by atoms with Crippen molar-refractivity contribution in [2.24, 2.45) is 0 Å². The molecule has 1 aromatic heterocycles. The predicted molar refractivity (Wildman–Crippen MR) is 108 cm³/mol. The van der Waals surface area contributed by atoms with Crippen molar-refractivity contribution in [3.63, 3.8) is 0 Å². The third kappa shape index (κ3) is 3.89. The Morgan fingerprint density at radius 2 is 1.92 bits per heavy atom. The number of hydrogen-bond acceptors (Lipinski definition) is 7. The zero-order valence-corrected chi connectivity index (χ0v) is 17.3. The summed E-state index contributed by atoms with van der Waals surface area (Å²) in [5.74, 6) is 0.897. The highest BCUT2D eigenvalue weighted by molar-refractivity contribution is 8.03. The summed E-state index contributed by atoms with van der Waals surface area (Å²) in [7, 11) is 0. The molecule has 0 saturated heterocycles. The number of anilines is 2. The number of nitrogens with zero attached hydrogens (tertiary/aromatic N) is 3. The van der Waals surface area contributed by atoms with Crippen molar-refractivity contribution in [3.8, 4) is 0 Å². The van der Waals surface area contributed by atoms with Gasteiger partial charge in [-0.3, -0.25) is 14.5 Å². The first-order chi connectivity index (χ1) is 12.4. The van der Waals surface area contributed by atoms with Gasteiger partial charge in [0, 0.05) is 5.75 Å². The standard InChI is InChI=1S/C17H20N4O2S3/c1-4-9-24-15-19-20-16(26-15)25-10-13(22)21-12-8-6-5-7-11(12)18-14(23)17(21,2)3/h5-8H,4,9-10H2,1-3H3,(H,18,23). The van der Waals surface area contributed by atoms with Crippen LogP contribution in [0, 0.1) is 0 Å². The van der Waals surface area contributed by atoms with E-state index >= 15 is 0 Å². The molecule has 0 unspecified atom stereocenters. The minimum absolute atomic E-state index is 0.125. The van der Waals surface area contributed by atoms with Gasteiger partial charge in [-0.25, -0.2) is 0 Å². The monoisotopic (exact) mass is 408 g/mol. The largest absolute Gasteiger partial charge is 0.322 e. The van der Waals surface area contributed by atoms with Gasteiger partial charge in [0.05, 0.1) is 17.1 Å². The van der Waals surface area contributed by atoms with Crippen LogP contribution >= 0.6 is 34.9 Å². The Morgan fingerprint density at radius 1 is 1.23 bits per heavy atom. The van der Waals surface area contributed by atoms with Gasteiger partial charge in [-0.15, -0.1) is 10.2 Å². The maximum Gasteiger partial charge on any atom is 0.250 e. The molecular weight excluding hydrogens is 388 g/mol. The van der Waals surface area contributed by atoms with E-state index in [0.29, 0.717) is 5.69 Å². The lowest BCUT2D eigenvalue weighted by Gasteiger charge is -2.42. The second-order valence-corrected chi connectivity index (χ2v) is 9.77. The number of carbonyl (C=O) groups is 2. The Morgan fingerprint density at radius 3 is 2.65 bits per heavy atom. The summed E-state index contributed by atoms with van der Waals surface area (Å²) in [6, 6.07) is 7.36. The molecule has 138 valence electrons. The lowest BCUT2D eigenvalue weighted by Crippen LogP contribution is -2.58. The van der Waals surface area contributed by atoms with Gasteiger partial charge in [0.2, 0.25) is 11.8 Å². The molecule has 0 radical (unpaired) electrons. The minimum atomic E-state index is -0.949. The molecule has 9 heteroatoms. The average Bonchev–Trinajstić information content (AvgIpc) is 3.06. The van der Waals surface area contributed by atoms with E-state index < -0.39 is 5.54 Å². The molecular formula is C17H20N4O2S3. The Labute approximate surface area is 165 Å². The fraction of sp³-hybridized carbons (Fsp3) is 0.412. The molecule has 1 N–H and O–H groups in total. The summed E-state index contributed by atoms with van der Waals surface area (Å²) < 4.78 is 1.69. The molecule has 0 atom stereocenters.